The predicted molar refractivity (Wildman–Crippen MR) is 104 cm³/mol. The van der Waals surface area contributed by atoms with Gasteiger partial charge in [0.2, 0.25) is 11.8 Å². The second kappa shape index (κ2) is 9.94. The van der Waals surface area contributed by atoms with Crippen molar-refractivity contribution >= 4 is 23.2 Å². The van der Waals surface area contributed by atoms with Gasteiger partial charge < -0.3 is 15.4 Å². The van der Waals surface area contributed by atoms with Gasteiger partial charge in [-0.2, -0.15) is 5.26 Å². The molecule has 0 saturated heterocycles. The Labute approximate surface area is 158 Å². The van der Waals surface area contributed by atoms with E-state index in [0.29, 0.717) is 29.2 Å². The summed E-state index contributed by atoms with van der Waals surface area (Å²) in [6.45, 7) is 2.59. The van der Waals surface area contributed by atoms with Crippen molar-refractivity contribution in [2.75, 3.05) is 37.4 Å². The Morgan fingerprint density at radius 2 is 1.67 bits per heavy atom. The summed E-state index contributed by atoms with van der Waals surface area (Å²) in [6, 6.07) is 15.7. The summed E-state index contributed by atoms with van der Waals surface area (Å²) < 4.78 is 5.08. The second-order valence-electron chi connectivity index (χ2n) is 5.82. The average molecular weight is 366 g/mol. The quantitative estimate of drug-likeness (QED) is 0.748. The number of nitrogens with zero attached hydrogens (tertiary/aromatic N) is 2. The van der Waals surface area contributed by atoms with Crippen LogP contribution in [0.5, 0.6) is 5.75 Å². The van der Waals surface area contributed by atoms with Crippen molar-refractivity contribution in [1.29, 1.82) is 5.26 Å². The molecule has 0 unspecified atom stereocenters. The summed E-state index contributed by atoms with van der Waals surface area (Å²) in [4.78, 5) is 26.1. The minimum atomic E-state index is -0.246. The lowest BCUT2D eigenvalue weighted by Gasteiger charge is -2.19. The Morgan fingerprint density at radius 1 is 1.04 bits per heavy atom. The highest BCUT2D eigenvalue weighted by molar-refractivity contribution is 5.94. The van der Waals surface area contributed by atoms with Crippen LogP contribution in [0.15, 0.2) is 48.5 Å². The van der Waals surface area contributed by atoms with Gasteiger partial charge in [0.05, 0.1) is 31.8 Å². The number of methoxy groups -OCH3 is 1. The monoisotopic (exact) mass is 366 g/mol. The topological polar surface area (TPSA) is 94.5 Å². The summed E-state index contributed by atoms with van der Waals surface area (Å²) in [6.07, 6.45) is 0. The van der Waals surface area contributed by atoms with E-state index in [2.05, 4.69) is 10.6 Å². The van der Waals surface area contributed by atoms with Crippen LogP contribution in [0.3, 0.4) is 0 Å². The van der Waals surface area contributed by atoms with Crippen molar-refractivity contribution in [2.45, 2.75) is 6.92 Å². The van der Waals surface area contributed by atoms with Crippen molar-refractivity contribution in [2.24, 2.45) is 0 Å². The van der Waals surface area contributed by atoms with Crippen molar-refractivity contribution in [3.8, 4) is 11.8 Å². The van der Waals surface area contributed by atoms with Crippen LogP contribution >= 0.6 is 0 Å². The Bertz CT molecular complexity index is 828. The van der Waals surface area contributed by atoms with Gasteiger partial charge in [0, 0.05) is 11.4 Å². The minimum absolute atomic E-state index is 0.0727. The van der Waals surface area contributed by atoms with Gasteiger partial charge in [-0.1, -0.05) is 13.0 Å². The predicted octanol–water partition coefficient (Wildman–Crippen LogP) is 2.47. The number of rotatable bonds is 8. The molecule has 0 aromatic heterocycles. The number of nitrogens with one attached hydrogen (secondary N) is 2. The highest BCUT2D eigenvalue weighted by Gasteiger charge is 2.13. The molecule has 7 nitrogen and oxygen atoms in total. The number of anilines is 2. The number of nitriles is 1. The number of hydrogen-bond acceptors (Lipinski definition) is 5. The van der Waals surface area contributed by atoms with Gasteiger partial charge >= 0.3 is 0 Å². The molecule has 0 aliphatic heterocycles. The molecular formula is C20H22N4O3. The van der Waals surface area contributed by atoms with Crippen LogP contribution in [0.1, 0.15) is 12.5 Å². The molecule has 0 bridgehead atoms. The van der Waals surface area contributed by atoms with Gasteiger partial charge in [0.1, 0.15) is 5.75 Å². The van der Waals surface area contributed by atoms with E-state index in [9.17, 15) is 9.59 Å². The lowest BCUT2D eigenvalue weighted by molar-refractivity contribution is -0.119. The van der Waals surface area contributed by atoms with E-state index in [1.165, 1.54) is 0 Å². The number of benzene rings is 2. The maximum Gasteiger partial charge on any atom is 0.238 e. The van der Waals surface area contributed by atoms with Crippen molar-refractivity contribution < 1.29 is 14.3 Å². The minimum Gasteiger partial charge on any atom is -0.497 e. The number of carbonyl (C=O) groups is 2. The van der Waals surface area contributed by atoms with Crippen molar-refractivity contribution in [1.82, 2.24) is 4.90 Å². The zero-order chi connectivity index (χ0) is 19.6. The molecule has 27 heavy (non-hydrogen) atoms. The van der Waals surface area contributed by atoms with E-state index in [1.54, 1.807) is 60.5 Å². The average Bonchev–Trinajstić information content (AvgIpc) is 2.68. The first kappa shape index (κ1) is 19.9. The number of ether oxygens (including phenoxy) is 1. The first-order valence-corrected chi connectivity index (χ1v) is 8.50. The first-order chi connectivity index (χ1) is 13.0. The summed E-state index contributed by atoms with van der Waals surface area (Å²) in [5.74, 6) is 0.255. The smallest absolute Gasteiger partial charge is 0.238 e. The third kappa shape index (κ3) is 6.45. The summed E-state index contributed by atoms with van der Waals surface area (Å²) >= 11 is 0. The maximum atomic E-state index is 12.2. The third-order valence-electron chi connectivity index (χ3n) is 3.83. The lowest BCUT2D eigenvalue weighted by atomic mass is 10.2. The zero-order valence-electron chi connectivity index (χ0n) is 15.4. The maximum absolute atomic E-state index is 12.2. The molecule has 2 amide bonds. The molecule has 2 rings (SSSR count). The molecule has 2 aromatic carbocycles. The third-order valence-corrected chi connectivity index (χ3v) is 3.83. The summed E-state index contributed by atoms with van der Waals surface area (Å²) in [5.41, 5.74) is 1.69. The molecule has 0 saturated carbocycles. The Kier molecular flexibility index (Phi) is 7.35. The SMILES string of the molecule is CCN(CC(=O)Nc1ccc(OC)cc1)CC(=O)Nc1cccc(C#N)c1. The standard InChI is InChI=1S/C20H22N4O3/c1-3-24(13-19(25)22-16-7-9-18(27-2)10-8-16)14-20(26)23-17-6-4-5-15(11-17)12-21/h4-11H,3,13-14H2,1-2H3,(H,22,25)(H,23,26). The molecule has 0 spiro atoms. The van der Waals surface area contributed by atoms with E-state index >= 15 is 0 Å². The molecular weight excluding hydrogens is 344 g/mol. The van der Waals surface area contributed by atoms with Gasteiger partial charge in [-0.15, -0.1) is 0 Å². The van der Waals surface area contributed by atoms with Gasteiger partial charge in [-0.3, -0.25) is 14.5 Å². The fourth-order valence-electron chi connectivity index (χ4n) is 2.43. The molecule has 0 aliphatic carbocycles. The van der Waals surface area contributed by atoms with Crippen molar-refractivity contribution in [3.05, 3.63) is 54.1 Å². The molecule has 0 fully saturated rings. The molecule has 0 aliphatic rings. The molecule has 140 valence electrons. The van der Waals surface area contributed by atoms with Crippen LogP contribution in [0, 0.1) is 11.3 Å². The Balaban J connectivity index is 1.86. The Hall–Kier alpha value is -3.37. The number of amides is 2. The largest absolute Gasteiger partial charge is 0.497 e. The second-order valence-corrected chi connectivity index (χ2v) is 5.82. The van der Waals surface area contributed by atoms with E-state index in [1.807, 2.05) is 13.0 Å². The number of carbonyl (C=O) groups excluding carboxylic acids is 2. The first-order valence-electron chi connectivity index (χ1n) is 8.50. The Morgan fingerprint density at radius 3 is 2.22 bits per heavy atom. The molecule has 7 heteroatoms. The normalized spacial score (nSPS) is 10.1. The summed E-state index contributed by atoms with van der Waals surface area (Å²) in [5, 5.41) is 14.4. The van der Waals surface area contributed by atoms with Crippen LogP contribution < -0.4 is 15.4 Å². The highest BCUT2D eigenvalue weighted by Crippen LogP contribution is 2.15. The van der Waals surface area contributed by atoms with Gasteiger partial charge in [-0.05, 0) is 49.0 Å². The number of hydrogen-bond donors (Lipinski definition) is 2. The lowest BCUT2D eigenvalue weighted by Crippen LogP contribution is -2.38. The van der Waals surface area contributed by atoms with Crippen LogP contribution in [0.2, 0.25) is 0 Å². The van der Waals surface area contributed by atoms with E-state index in [0.717, 1.165) is 0 Å². The van der Waals surface area contributed by atoms with Crippen molar-refractivity contribution in [3.63, 3.8) is 0 Å². The van der Waals surface area contributed by atoms with E-state index < -0.39 is 0 Å². The van der Waals surface area contributed by atoms with E-state index in [-0.39, 0.29) is 24.9 Å². The van der Waals surface area contributed by atoms with E-state index in [4.69, 9.17) is 10.00 Å². The fraction of sp³-hybridized carbons (Fsp3) is 0.250. The fourth-order valence-corrected chi connectivity index (χ4v) is 2.43. The van der Waals surface area contributed by atoms with Crippen LogP contribution in [0.4, 0.5) is 11.4 Å². The molecule has 2 aromatic rings. The molecule has 0 heterocycles. The number of likely N-dealkylation sites (N-methyl/N-ethyl adjacent to an activating group) is 1. The molecule has 0 atom stereocenters. The van der Waals surface area contributed by atoms with Gasteiger partial charge in [-0.25, -0.2) is 0 Å². The molecule has 2 N–H and O–H groups in total. The van der Waals surface area contributed by atoms with Crippen LogP contribution in [-0.4, -0.2) is 43.5 Å². The highest BCUT2D eigenvalue weighted by atomic mass is 16.5. The zero-order valence-corrected chi connectivity index (χ0v) is 15.4. The van der Waals surface area contributed by atoms with Crippen LogP contribution in [-0.2, 0) is 9.59 Å². The molecule has 0 radical (unpaired) electrons. The van der Waals surface area contributed by atoms with Crippen LogP contribution in [0.25, 0.3) is 0 Å². The van der Waals surface area contributed by atoms with Gasteiger partial charge in [0.25, 0.3) is 0 Å². The van der Waals surface area contributed by atoms with Gasteiger partial charge in [0.15, 0.2) is 0 Å². The summed E-state index contributed by atoms with van der Waals surface area (Å²) in [7, 11) is 1.58.